The molecule has 0 aliphatic carbocycles. The molecule has 0 saturated carbocycles. The van der Waals surface area contributed by atoms with E-state index in [4.69, 9.17) is 4.52 Å². The molecule has 0 saturated heterocycles. The Morgan fingerprint density at radius 3 is 2.47 bits per heavy atom. The second-order valence-electron chi connectivity index (χ2n) is 6.86. The summed E-state index contributed by atoms with van der Waals surface area (Å²) in [6.45, 7) is 5.67. The minimum absolute atomic E-state index is 0.234. The molecule has 0 bridgehead atoms. The predicted molar refractivity (Wildman–Crippen MR) is 105 cm³/mol. The van der Waals surface area contributed by atoms with E-state index in [9.17, 15) is 22.8 Å². The van der Waals surface area contributed by atoms with Crippen LogP contribution in [0, 0.1) is 24.4 Å². The third-order valence-corrected chi connectivity index (χ3v) is 4.35. The van der Waals surface area contributed by atoms with Crippen molar-refractivity contribution in [1.29, 1.82) is 0 Å². The lowest BCUT2D eigenvalue weighted by molar-refractivity contribution is -0.124. The minimum atomic E-state index is -1.66. The maximum atomic E-state index is 13.8. The summed E-state index contributed by atoms with van der Waals surface area (Å²) in [5.41, 5.74) is -0.468. The fraction of sp³-hybridized carbons (Fsp3) is 0.450. The lowest BCUT2D eigenvalue weighted by Gasteiger charge is -2.29. The lowest BCUT2D eigenvalue weighted by atomic mass is 10.1. The molecule has 0 aliphatic heterocycles. The third-order valence-electron chi connectivity index (χ3n) is 4.35. The molecule has 2 N–H and O–H groups in total. The van der Waals surface area contributed by atoms with E-state index in [0.717, 1.165) is 12.1 Å². The molecule has 0 radical (unpaired) electrons. The Hall–Kier alpha value is -2.88. The molecule has 0 fully saturated rings. The molecular formula is C20H25F3N4O3. The maximum absolute atomic E-state index is 13.8. The maximum Gasteiger partial charge on any atom is 0.242 e. The molecule has 7 nitrogen and oxygen atoms in total. The summed E-state index contributed by atoms with van der Waals surface area (Å²) < 4.78 is 45.2. The van der Waals surface area contributed by atoms with E-state index in [1.165, 1.54) is 0 Å². The number of benzene rings is 1. The number of hydrogen-bond donors (Lipinski definition) is 2. The number of nitrogens with one attached hydrogen (secondary N) is 2. The summed E-state index contributed by atoms with van der Waals surface area (Å²) in [6, 6.07) is 2.60. The molecule has 164 valence electrons. The molecule has 2 rings (SSSR count). The molecule has 0 spiro atoms. The van der Waals surface area contributed by atoms with Gasteiger partial charge in [0.2, 0.25) is 11.8 Å². The van der Waals surface area contributed by atoms with Gasteiger partial charge in [-0.3, -0.25) is 14.5 Å². The van der Waals surface area contributed by atoms with Gasteiger partial charge in [0.05, 0.1) is 18.3 Å². The van der Waals surface area contributed by atoms with Crippen molar-refractivity contribution in [3.63, 3.8) is 0 Å². The number of rotatable bonds is 10. The predicted octanol–water partition coefficient (Wildman–Crippen LogP) is 3.86. The number of halogens is 3. The van der Waals surface area contributed by atoms with Gasteiger partial charge in [-0.15, -0.1) is 0 Å². The van der Waals surface area contributed by atoms with Crippen molar-refractivity contribution in [2.75, 3.05) is 23.7 Å². The van der Waals surface area contributed by atoms with Crippen LogP contribution in [0.3, 0.4) is 0 Å². The molecule has 1 aromatic carbocycles. The number of hydrogen-bond acceptors (Lipinski definition) is 5. The summed E-state index contributed by atoms with van der Waals surface area (Å²) in [4.78, 5) is 26.9. The smallest absolute Gasteiger partial charge is 0.242 e. The van der Waals surface area contributed by atoms with Crippen molar-refractivity contribution in [2.24, 2.45) is 0 Å². The molecule has 10 heteroatoms. The number of carbonyl (C=O) groups excluding carboxylic acids is 2. The summed E-state index contributed by atoms with van der Waals surface area (Å²) in [7, 11) is 0. The highest BCUT2D eigenvalue weighted by Crippen LogP contribution is 2.20. The van der Waals surface area contributed by atoms with Crippen molar-refractivity contribution in [3.05, 3.63) is 41.4 Å². The van der Waals surface area contributed by atoms with E-state index in [1.807, 2.05) is 13.8 Å². The summed E-state index contributed by atoms with van der Waals surface area (Å²) in [6.07, 6.45) is 1.80. The average Bonchev–Trinajstić information content (AvgIpc) is 3.10. The Balaban J connectivity index is 2.13. The second kappa shape index (κ2) is 10.8. The second-order valence-corrected chi connectivity index (χ2v) is 6.86. The lowest BCUT2D eigenvalue weighted by Crippen LogP contribution is -2.47. The number of aromatic nitrogens is 1. The van der Waals surface area contributed by atoms with E-state index in [0.29, 0.717) is 31.6 Å². The van der Waals surface area contributed by atoms with Gasteiger partial charge in [0.1, 0.15) is 5.76 Å². The number of nitrogens with zero attached hydrogens (tertiary/aromatic N) is 2. The van der Waals surface area contributed by atoms with Crippen LogP contribution >= 0.6 is 0 Å². The van der Waals surface area contributed by atoms with Crippen LogP contribution in [0.4, 0.5) is 24.7 Å². The normalized spacial score (nSPS) is 12.1. The monoisotopic (exact) mass is 426 g/mol. The molecule has 1 atom stereocenters. The standard InChI is InChI=1S/C20H25F3N4O3/c1-4-6-15(20(29)25-16-10-12(3)30-26-16)27(9-5-2)11-17(28)24-14-8-7-13(21)18(22)19(14)23/h7-8,10,15H,4-6,9,11H2,1-3H3,(H,24,28)(H,25,26,29)/t15-/m1/s1. The van der Waals surface area contributed by atoms with Crippen molar-refractivity contribution in [3.8, 4) is 0 Å². The molecule has 1 heterocycles. The van der Waals surface area contributed by atoms with E-state index in [2.05, 4.69) is 15.8 Å². The Morgan fingerprint density at radius 2 is 1.87 bits per heavy atom. The van der Waals surface area contributed by atoms with Crippen LogP contribution in [-0.4, -0.2) is 41.0 Å². The fourth-order valence-electron chi connectivity index (χ4n) is 3.02. The van der Waals surface area contributed by atoms with Crippen LogP contribution in [0.15, 0.2) is 22.7 Å². The van der Waals surface area contributed by atoms with E-state index in [-0.39, 0.29) is 18.3 Å². The Morgan fingerprint density at radius 1 is 1.13 bits per heavy atom. The van der Waals surface area contributed by atoms with Crippen molar-refractivity contribution in [2.45, 2.75) is 46.1 Å². The van der Waals surface area contributed by atoms with Gasteiger partial charge in [-0.25, -0.2) is 13.2 Å². The van der Waals surface area contributed by atoms with E-state index < -0.39 is 35.1 Å². The van der Waals surface area contributed by atoms with Crippen molar-refractivity contribution < 1.29 is 27.3 Å². The van der Waals surface area contributed by atoms with Crippen molar-refractivity contribution >= 4 is 23.3 Å². The highest BCUT2D eigenvalue weighted by Gasteiger charge is 2.27. The number of carbonyl (C=O) groups is 2. The van der Waals surface area contributed by atoms with Crippen LogP contribution in [0.2, 0.25) is 0 Å². The third kappa shape index (κ3) is 6.06. The largest absolute Gasteiger partial charge is 0.360 e. The molecule has 0 aliphatic rings. The number of amides is 2. The van der Waals surface area contributed by atoms with Crippen molar-refractivity contribution in [1.82, 2.24) is 10.1 Å². The van der Waals surface area contributed by atoms with Crippen LogP contribution in [-0.2, 0) is 9.59 Å². The zero-order valence-corrected chi connectivity index (χ0v) is 17.1. The highest BCUT2D eigenvalue weighted by atomic mass is 19.2. The quantitative estimate of drug-likeness (QED) is 0.564. The molecule has 2 aromatic rings. The molecule has 30 heavy (non-hydrogen) atoms. The van der Waals surface area contributed by atoms with E-state index >= 15 is 0 Å². The van der Waals surface area contributed by atoms with Crippen LogP contribution in [0.1, 0.15) is 38.9 Å². The van der Waals surface area contributed by atoms with E-state index in [1.54, 1.807) is 17.9 Å². The first-order chi connectivity index (χ1) is 14.3. The Kier molecular flexibility index (Phi) is 8.40. The topological polar surface area (TPSA) is 87.5 Å². The van der Waals surface area contributed by atoms with Gasteiger partial charge in [-0.2, -0.15) is 0 Å². The van der Waals surface area contributed by atoms with Gasteiger partial charge in [-0.1, -0.05) is 25.4 Å². The Bertz CT molecular complexity index is 888. The van der Waals surface area contributed by atoms with Gasteiger partial charge in [0.15, 0.2) is 23.3 Å². The van der Waals surface area contributed by atoms with Gasteiger partial charge < -0.3 is 15.2 Å². The zero-order chi connectivity index (χ0) is 22.3. The first kappa shape index (κ1) is 23.4. The Labute approximate surface area is 172 Å². The van der Waals surface area contributed by atoms with Crippen LogP contribution in [0.5, 0.6) is 0 Å². The van der Waals surface area contributed by atoms with Gasteiger partial charge in [-0.05, 0) is 38.4 Å². The molecule has 0 unspecified atom stereocenters. The van der Waals surface area contributed by atoms with Crippen LogP contribution < -0.4 is 10.6 Å². The van der Waals surface area contributed by atoms with Gasteiger partial charge in [0.25, 0.3) is 0 Å². The minimum Gasteiger partial charge on any atom is -0.360 e. The summed E-state index contributed by atoms with van der Waals surface area (Å²) in [5.74, 6) is -4.69. The molecule has 1 aromatic heterocycles. The first-order valence-corrected chi connectivity index (χ1v) is 9.68. The zero-order valence-electron chi connectivity index (χ0n) is 17.1. The average molecular weight is 426 g/mol. The summed E-state index contributed by atoms with van der Waals surface area (Å²) >= 11 is 0. The van der Waals surface area contributed by atoms with Gasteiger partial charge >= 0.3 is 0 Å². The van der Waals surface area contributed by atoms with Crippen LogP contribution in [0.25, 0.3) is 0 Å². The summed E-state index contributed by atoms with van der Waals surface area (Å²) in [5, 5.41) is 8.63. The number of anilines is 2. The van der Waals surface area contributed by atoms with Gasteiger partial charge in [0, 0.05) is 6.07 Å². The first-order valence-electron chi connectivity index (χ1n) is 9.68. The SMILES string of the molecule is CCC[C@H](C(=O)Nc1cc(C)on1)N(CCC)CC(=O)Nc1ccc(F)c(F)c1F. The number of aryl methyl sites for hydroxylation is 1. The molecular weight excluding hydrogens is 401 g/mol. The fourth-order valence-corrected chi connectivity index (χ4v) is 3.02. The highest BCUT2D eigenvalue weighted by molar-refractivity contribution is 5.96. The molecule has 2 amide bonds.